The lowest BCUT2D eigenvalue weighted by molar-refractivity contribution is 0.233. The van der Waals surface area contributed by atoms with E-state index < -0.39 is 0 Å². The summed E-state index contributed by atoms with van der Waals surface area (Å²) in [7, 11) is 4.19. The van der Waals surface area contributed by atoms with Crippen molar-refractivity contribution in [3.8, 4) is 5.75 Å². The first-order valence-electron chi connectivity index (χ1n) is 7.31. The molecular weight excluding hydrogens is 236 g/mol. The van der Waals surface area contributed by atoms with Gasteiger partial charge in [-0.05, 0) is 64.5 Å². The number of benzene rings is 1. The molecule has 3 nitrogen and oxygen atoms in total. The number of ether oxygens (including phenoxy) is 1. The van der Waals surface area contributed by atoms with Gasteiger partial charge in [-0.15, -0.1) is 0 Å². The zero-order valence-electron chi connectivity index (χ0n) is 12.4. The van der Waals surface area contributed by atoms with E-state index in [2.05, 4.69) is 48.5 Å². The van der Waals surface area contributed by atoms with Gasteiger partial charge in [0.25, 0.3) is 0 Å². The second kappa shape index (κ2) is 6.92. The Labute approximate surface area is 116 Å². The maximum Gasteiger partial charge on any atom is 0.119 e. The van der Waals surface area contributed by atoms with Crippen LogP contribution in [0.2, 0.25) is 0 Å². The number of hydrogen-bond donors (Lipinski definition) is 1. The van der Waals surface area contributed by atoms with Crippen molar-refractivity contribution in [2.45, 2.75) is 38.3 Å². The molecule has 0 spiro atoms. The SMILES string of the molecule is CNC(C)c1ccc(OCCC2CCCN2C)cc1. The molecule has 1 saturated heterocycles. The normalized spacial score (nSPS) is 21.5. The first-order chi connectivity index (χ1) is 9.20. The number of nitrogens with one attached hydrogen (secondary N) is 1. The van der Waals surface area contributed by atoms with E-state index in [1.54, 1.807) is 0 Å². The van der Waals surface area contributed by atoms with E-state index in [0.717, 1.165) is 18.8 Å². The van der Waals surface area contributed by atoms with Gasteiger partial charge in [0.1, 0.15) is 5.75 Å². The quantitative estimate of drug-likeness (QED) is 0.853. The smallest absolute Gasteiger partial charge is 0.119 e. The molecule has 1 heterocycles. The van der Waals surface area contributed by atoms with Crippen LogP contribution in [0.5, 0.6) is 5.75 Å². The van der Waals surface area contributed by atoms with E-state index >= 15 is 0 Å². The number of rotatable bonds is 6. The molecule has 1 aliphatic heterocycles. The molecule has 2 rings (SSSR count). The number of hydrogen-bond acceptors (Lipinski definition) is 3. The summed E-state index contributed by atoms with van der Waals surface area (Å²) in [6, 6.07) is 9.52. The molecule has 0 radical (unpaired) electrons. The average molecular weight is 262 g/mol. The van der Waals surface area contributed by atoms with Gasteiger partial charge in [-0.3, -0.25) is 0 Å². The molecule has 2 unspecified atom stereocenters. The topological polar surface area (TPSA) is 24.5 Å². The molecule has 1 aromatic rings. The Kier molecular flexibility index (Phi) is 5.23. The van der Waals surface area contributed by atoms with Gasteiger partial charge in [0.2, 0.25) is 0 Å². The Hall–Kier alpha value is -1.06. The van der Waals surface area contributed by atoms with E-state index in [0.29, 0.717) is 12.1 Å². The summed E-state index contributed by atoms with van der Waals surface area (Å²) in [5, 5.41) is 3.24. The van der Waals surface area contributed by atoms with Crippen LogP contribution in [-0.4, -0.2) is 38.2 Å². The monoisotopic (exact) mass is 262 g/mol. The van der Waals surface area contributed by atoms with Crippen molar-refractivity contribution in [2.75, 3.05) is 27.2 Å². The molecule has 3 heteroatoms. The predicted molar refractivity (Wildman–Crippen MR) is 79.7 cm³/mol. The van der Waals surface area contributed by atoms with Gasteiger partial charge in [-0.2, -0.15) is 0 Å². The maximum absolute atomic E-state index is 5.84. The summed E-state index contributed by atoms with van der Waals surface area (Å²) in [6.07, 6.45) is 3.78. The van der Waals surface area contributed by atoms with E-state index in [1.807, 2.05) is 7.05 Å². The highest BCUT2D eigenvalue weighted by Gasteiger charge is 2.20. The van der Waals surface area contributed by atoms with Crippen LogP contribution in [0.4, 0.5) is 0 Å². The lowest BCUT2D eigenvalue weighted by Crippen LogP contribution is -2.26. The Morgan fingerprint density at radius 3 is 2.68 bits per heavy atom. The second-order valence-electron chi connectivity index (χ2n) is 5.49. The molecule has 19 heavy (non-hydrogen) atoms. The Balaban J connectivity index is 1.77. The van der Waals surface area contributed by atoms with Crippen molar-refractivity contribution in [3.05, 3.63) is 29.8 Å². The van der Waals surface area contributed by atoms with Crippen LogP contribution in [0.1, 0.15) is 37.8 Å². The number of likely N-dealkylation sites (tertiary alicyclic amines) is 1. The van der Waals surface area contributed by atoms with Crippen molar-refractivity contribution in [3.63, 3.8) is 0 Å². The second-order valence-corrected chi connectivity index (χ2v) is 5.49. The van der Waals surface area contributed by atoms with Gasteiger partial charge in [-0.1, -0.05) is 12.1 Å². The van der Waals surface area contributed by atoms with Gasteiger partial charge in [0.15, 0.2) is 0 Å². The largest absolute Gasteiger partial charge is 0.494 e. The molecule has 0 amide bonds. The summed E-state index contributed by atoms with van der Waals surface area (Å²) in [4.78, 5) is 2.45. The molecular formula is C16H26N2O. The first-order valence-corrected chi connectivity index (χ1v) is 7.31. The van der Waals surface area contributed by atoms with E-state index in [9.17, 15) is 0 Å². The van der Waals surface area contributed by atoms with Crippen LogP contribution in [0.25, 0.3) is 0 Å². The van der Waals surface area contributed by atoms with Crippen LogP contribution in [0, 0.1) is 0 Å². The third-order valence-electron chi connectivity index (χ3n) is 4.20. The molecule has 0 bridgehead atoms. The highest BCUT2D eigenvalue weighted by molar-refractivity contribution is 5.28. The van der Waals surface area contributed by atoms with E-state index in [4.69, 9.17) is 4.74 Å². The zero-order valence-corrected chi connectivity index (χ0v) is 12.4. The minimum absolute atomic E-state index is 0.390. The van der Waals surface area contributed by atoms with Crippen LogP contribution in [0.3, 0.4) is 0 Å². The first kappa shape index (κ1) is 14.4. The number of nitrogens with zero attached hydrogens (tertiary/aromatic N) is 1. The minimum atomic E-state index is 0.390. The van der Waals surface area contributed by atoms with Crippen molar-refractivity contribution in [1.29, 1.82) is 0 Å². The highest BCUT2D eigenvalue weighted by atomic mass is 16.5. The zero-order chi connectivity index (χ0) is 13.7. The fraction of sp³-hybridized carbons (Fsp3) is 0.625. The Bertz CT molecular complexity index is 377. The van der Waals surface area contributed by atoms with E-state index in [-0.39, 0.29) is 0 Å². The molecule has 1 aliphatic rings. The van der Waals surface area contributed by atoms with Gasteiger partial charge in [0, 0.05) is 12.1 Å². The fourth-order valence-corrected chi connectivity index (χ4v) is 2.68. The molecule has 106 valence electrons. The predicted octanol–water partition coefficient (Wildman–Crippen LogP) is 2.83. The van der Waals surface area contributed by atoms with Gasteiger partial charge < -0.3 is 15.0 Å². The molecule has 2 atom stereocenters. The van der Waals surface area contributed by atoms with Crippen molar-refractivity contribution >= 4 is 0 Å². The van der Waals surface area contributed by atoms with Crippen LogP contribution in [-0.2, 0) is 0 Å². The molecule has 1 N–H and O–H groups in total. The summed E-state index contributed by atoms with van der Waals surface area (Å²) in [6.45, 7) is 4.21. The summed E-state index contributed by atoms with van der Waals surface area (Å²) < 4.78 is 5.84. The Morgan fingerprint density at radius 1 is 1.37 bits per heavy atom. The van der Waals surface area contributed by atoms with Gasteiger partial charge >= 0.3 is 0 Å². The highest BCUT2D eigenvalue weighted by Crippen LogP contribution is 2.20. The lowest BCUT2D eigenvalue weighted by Gasteiger charge is -2.19. The lowest BCUT2D eigenvalue weighted by atomic mass is 10.1. The fourth-order valence-electron chi connectivity index (χ4n) is 2.68. The third-order valence-corrected chi connectivity index (χ3v) is 4.20. The molecule has 1 aromatic carbocycles. The molecule has 0 aliphatic carbocycles. The van der Waals surface area contributed by atoms with Gasteiger partial charge in [0.05, 0.1) is 6.61 Å². The minimum Gasteiger partial charge on any atom is -0.494 e. The maximum atomic E-state index is 5.84. The summed E-state index contributed by atoms with van der Waals surface area (Å²) in [5.74, 6) is 0.979. The average Bonchev–Trinajstić information content (AvgIpc) is 2.84. The Morgan fingerprint density at radius 2 is 2.11 bits per heavy atom. The molecule has 0 aromatic heterocycles. The van der Waals surface area contributed by atoms with Crippen LogP contribution < -0.4 is 10.1 Å². The van der Waals surface area contributed by atoms with Crippen molar-refractivity contribution < 1.29 is 4.74 Å². The van der Waals surface area contributed by atoms with Gasteiger partial charge in [-0.25, -0.2) is 0 Å². The van der Waals surface area contributed by atoms with Crippen LogP contribution in [0.15, 0.2) is 24.3 Å². The van der Waals surface area contributed by atoms with Crippen molar-refractivity contribution in [1.82, 2.24) is 10.2 Å². The molecule has 1 fully saturated rings. The summed E-state index contributed by atoms with van der Waals surface area (Å²) >= 11 is 0. The molecule has 0 saturated carbocycles. The van der Waals surface area contributed by atoms with E-state index in [1.165, 1.54) is 24.9 Å². The third kappa shape index (κ3) is 3.95. The van der Waals surface area contributed by atoms with Crippen LogP contribution >= 0.6 is 0 Å². The van der Waals surface area contributed by atoms with Crippen molar-refractivity contribution in [2.24, 2.45) is 0 Å². The summed E-state index contributed by atoms with van der Waals surface area (Å²) in [5.41, 5.74) is 1.30. The standard InChI is InChI=1S/C16H26N2O/c1-13(17-2)14-6-8-16(9-7-14)19-12-10-15-5-4-11-18(15)3/h6-9,13,15,17H,4-5,10-12H2,1-3H3.